The molecule has 17 heavy (non-hydrogen) atoms. The molecule has 1 heterocycles. The highest BCUT2D eigenvalue weighted by Gasteiger charge is 2.28. The maximum absolute atomic E-state index is 11.1. The molecule has 0 aromatic rings. The summed E-state index contributed by atoms with van der Waals surface area (Å²) in [5, 5.41) is 0. The van der Waals surface area contributed by atoms with Gasteiger partial charge in [0.25, 0.3) is 0 Å². The molecule has 94 valence electrons. The lowest BCUT2D eigenvalue weighted by Crippen LogP contribution is -2.20. The molecule has 0 saturated carbocycles. The number of rotatable bonds is 5. The van der Waals surface area contributed by atoms with E-state index in [4.69, 9.17) is 9.47 Å². The van der Waals surface area contributed by atoms with E-state index < -0.39 is 0 Å². The zero-order chi connectivity index (χ0) is 12.9. The quantitative estimate of drug-likeness (QED) is 0.418. The summed E-state index contributed by atoms with van der Waals surface area (Å²) in [7, 11) is 1.61. The number of hydrogen-bond acceptors (Lipinski definition) is 3. The molecule has 0 aromatic heterocycles. The fourth-order valence-electron chi connectivity index (χ4n) is 1.73. The maximum atomic E-state index is 11.1. The Kier molecular flexibility index (Phi) is 4.55. The Morgan fingerprint density at radius 3 is 2.71 bits per heavy atom. The number of cyclic esters (lactones) is 1. The zero-order valence-corrected chi connectivity index (χ0v) is 10.9. The molecule has 0 saturated heterocycles. The Bertz CT molecular complexity index is 362. The Morgan fingerprint density at radius 2 is 2.18 bits per heavy atom. The first-order valence-corrected chi connectivity index (χ1v) is 5.70. The van der Waals surface area contributed by atoms with E-state index in [0.717, 1.165) is 12.0 Å². The number of carbonyl (C=O) groups excluding carboxylic acids is 1. The summed E-state index contributed by atoms with van der Waals surface area (Å²) in [4.78, 5) is 11.1. The second-order valence-electron chi connectivity index (χ2n) is 4.93. The van der Waals surface area contributed by atoms with Crippen LogP contribution < -0.4 is 0 Å². The van der Waals surface area contributed by atoms with Crippen molar-refractivity contribution in [2.24, 2.45) is 5.41 Å². The second kappa shape index (κ2) is 5.71. The molecule has 1 atom stereocenters. The normalized spacial score (nSPS) is 21.1. The Balaban J connectivity index is 2.55. The molecule has 0 N–H and O–H groups in total. The van der Waals surface area contributed by atoms with E-state index in [1.165, 1.54) is 0 Å². The van der Waals surface area contributed by atoms with E-state index >= 15 is 0 Å². The van der Waals surface area contributed by atoms with Gasteiger partial charge in [0.2, 0.25) is 0 Å². The van der Waals surface area contributed by atoms with Crippen LogP contribution in [0.4, 0.5) is 0 Å². The average molecular weight is 236 g/mol. The van der Waals surface area contributed by atoms with Crippen LogP contribution in [0.1, 0.15) is 27.2 Å². The van der Waals surface area contributed by atoms with Crippen LogP contribution in [0.3, 0.4) is 0 Å². The lowest BCUT2D eigenvalue weighted by molar-refractivity contribution is -0.139. The third-order valence-corrected chi connectivity index (χ3v) is 2.70. The topological polar surface area (TPSA) is 35.5 Å². The smallest absolute Gasteiger partial charge is 0.331 e. The first-order chi connectivity index (χ1) is 7.94. The van der Waals surface area contributed by atoms with Gasteiger partial charge in [-0.2, -0.15) is 0 Å². The van der Waals surface area contributed by atoms with Crippen LogP contribution in [0, 0.1) is 5.41 Å². The van der Waals surface area contributed by atoms with E-state index in [1.54, 1.807) is 19.4 Å². The molecule has 0 unspecified atom stereocenters. The molecule has 1 aliphatic rings. The number of esters is 1. The van der Waals surface area contributed by atoms with Crippen LogP contribution in [0.2, 0.25) is 0 Å². The van der Waals surface area contributed by atoms with Crippen molar-refractivity contribution >= 4 is 5.97 Å². The second-order valence-corrected chi connectivity index (χ2v) is 4.93. The molecule has 1 rings (SSSR count). The molecule has 0 aromatic carbocycles. The SMILES string of the molecule is CO/C=C/C=C\C(C)(C)C[C@@H]1OC(=O)C=C1C. The third kappa shape index (κ3) is 4.47. The van der Waals surface area contributed by atoms with Crippen molar-refractivity contribution < 1.29 is 14.3 Å². The summed E-state index contributed by atoms with van der Waals surface area (Å²) < 4.78 is 10.0. The molecule has 0 fully saturated rings. The van der Waals surface area contributed by atoms with E-state index in [2.05, 4.69) is 19.9 Å². The van der Waals surface area contributed by atoms with Crippen molar-refractivity contribution in [2.75, 3.05) is 7.11 Å². The van der Waals surface area contributed by atoms with Crippen molar-refractivity contribution in [1.29, 1.82) is 0 Å². The fourth-order valence-corrected chi connectivity index (χ4v) is 1.73. The molecule has 1 aliphatic heterocycles. The summed E-state index contributed by atoms with van der Waals surface area (Å²) in [5.74, 6) is -0.230. The Labute approximate surface area is 103 Å². The predicted octanol–water partition coefficient (Wildman–Crippen LogP) is 2.99. The highest BCUT2D eigenvalue weighted by molar-refractivity contribution is 5.85. The van der Waals surface area contributed by atoms with Gasteiger partial charge in [-0.25, -0.2) is 4.79 Å². The van der Waals surface area contributed by atoms with Crippen LogP contribution in [-0.4, -0.2) is 19.2 Å². The molecular weight excluding hydrogens is 216 g/mol. The first-order valence-electron chi connectivity index (χ1n) is 5.70. The number of ether oxygens (including phenoxy) is 2. The molecule has 3 nitrogen and oxygen atoms in total. The van der Waals surface area contributed by atoms with E-state index in [0.29, 0.717) is 0 Å². The van der Waals surface area contributed by atoms with Gasteiger partial charge >= 0.3 is 5.97 Å². The molecule has 3 heteroatoms. The number of methoxy groups -OCH3 is 1. The fraction of sp³-hybridized carbons (Fsp3) is 0.500. The van der Waals surface area contributed by atoms with Crippen molar-refractivity contribution in [2.45, 2.75) is 33.3 Å². The highest BCUT2D eigenvalue weighted by Crippen LogP contribution is 2.30. The molecule has 0 aliphatic carbocycles. The van der Waals surface area contributed by atoms with Crippen molar-refractivity contribution in [3.8, 4) is 0 Å². The van der Waals surface area contributed by atoms with Crippen LogP contribution in [0.25, 0.3) is 0 Å². The monoisotopic (exact) mass is 236 g/mol. The van der Waals surface area contributed by atoms with Gasteiger partial charge in [0.05, 0.1) is 13.4 Å². The number of carbonyl (C=O) groups is 1. The summed E-state index contributed by atoms with van der Waals surface area (Å²) >= 11 is 0. The van der Waals surface area contributed by atoms with Gasteiger partial charge < -0.3 is 9.47 Å². The van der Waals surface area contributed by atoms with E-state index in [9.17, 15) is 4.79 Å². The lowest BCUT2D eigenvalue weighted by Gasteiger charge is -2.24. The van der Waals surface area contributed by atoms with Crippen molar-refractivity contribution in [3.05, 3.63) is 36.1 Å². The summed E-state index contributed by atoms with van der Waals surface area (Å²) in [6.45, 7) is 6.16. The zero-order valence-electron chi connectivity index (χ0n) is 10.9. The summed E-state index contributed by atoms with van der Waals surface area (Å²) in [5.41, 5.74) is 0.978. The van der Waals surface area contributed by atoms with Gasteiger partial charge in [-0.15, -0.1) is 0 Å². The molecule has 0 spiro atoms. The molecular formula is C14H20O3. The van der Waals surface area contributed by atoms with Crippen LogP contribution in [0.5, 0.6) is 0 Å². The van der Waals surface area contributed by atoms with Gasteiger partial charge in [-0.3, -0.25) is 0 Å². The number of allylic oxidation sites excluding steroid dienone is 3. The molecule has 0 radical (unpaired) electrons. The maximum Gasteiger partial charge on any atom is 0.331 e. The molecule has 0 amide bonds. The molecule has 0 bridgehead atoms. The largest absolute Gasteiger partial charge is 0.504 e. The van der Waals surface area contributed by atoms with Gasteiger partial charge in [-0.1, -0.05) is 26.0 Å². The van der Waals surface area contributed by atoms with E-state index in [-0.39, 0.29) is 17.5 Å². The van der Waals surface area contributed by atoms with Crippen molar-refractivity contribution in [3.63, 3.8) is 0 Å². The Hall–Kier alpha value is -1.51. The van der Waals surface area contributed by atoms with Gasteiger partial charge in [0, 0.05) is 6.08 Å². The minimum Gasteiger partial charge on any atom is -0.504 e. The minimum atomic E-state index is -0.230. The highest BCUT2D eigenvalue weighted by atomic mass is 16.5. The van der Waals surface area contributed by atoms with Crippen molar-refractivity contribution in [1.82, 2.24) is 0 Å². The third-order valence-electron chi connectivity index (χ3n) is 2.70. The minimum absolute atomic E-state index is 0.0253. The van der Waals surface area contributed by atoms with Gasteiger partial charge in [0.1, 0.15) is 6.10 Å². The summed E-state index contributed by atoms with van der Waals surface area (Å²) in [6, 6.07) is 0. The average Bonchev–Trinajstić information content (AvgIpc) is 2.52. The Morgan fingerprint density at radius 1 is 1.47 bits per heavy atom. The first kappa shape index (κ1) is 13.6. The van der Waals surface area contributed by atoms with E-state index in [1.807, 2.05) is 19.1 Å². The van der Waals surface area contributed by atoms with Crippen LogP contribution in [0.15, 0.2) is 36.1 Å². The predicted molar refractivity (Wildman–Crippen MR) is 67.3 cm³/mol. The standard InChI is InChI=1S/C14H20O3/c1-11-9-13(15)17-12(11)10-14(2,3)7-5-6-8-16-4/h5-9,12H,10H2,1-4H3/b7-5-,8-6+/t12-/m0/s1. The van der Waals surface area contributed by atoms with Crippen LogP contribution >= 0.6 is 0 Å². The van der Waals surface area contributed by atoms with Gasteiger partial charge in [0.15, 0.2) is 0 Å². The lowest BCUT2D eigenvalue weighted by atomic mass is 9.84. The van der Waals surface area contributed by atoms with Crippen LogP contribution in [-0.2, 0) is 14.3 Å². The number of hydrogen-bond donors (Lipinski definition) is 0. The van der Waals surface area contributed by atoms with Gasteiger partial charge in [-0.05, 0) is 30.4 Å². The summed E-state index contributed by atoms with van der Waals surface area (Å²) in [6.07, 6.45) is 9.75.